The minimum Gasteiger partial charge on any atom is -0.485 e. The van der Waals surface area contributed by atoms with Crippen LogP contribution in [0.4, 0.5) is 5.69 Å². The number of para-hydroxylation sites is 1. The Morgan fingerprint density at radius 1 is 1.19 bits per heavy atom. The minimum absolute atomic E-state index is 0.158. The lowest BCUT2D eigenvalue weighted by atomic mass is 10.0. The molecule has 0 aromatic heterocycles. The summed E-state index contributed by atoms with van der Waals surface area (Å²) < 4.78 is 12.0. The number of fused-ring (bicyclic) bond motifs is 1. The molecule has 110 valence electrons. The number of rotatable bonds is 3. The summed E-state index contributed by atoms with van der Waals surface area (Å²) in [7, 11) is 0. The van der Waals surface area contributed by atoms with Crippen molar-refractivity contribution >= 4 is 5.69 Å². The molecule has 0 unspecified atom stereocenters. The molecule has 0 aliphatic carbocycles. The molecular formula is C18H21NO2. The second-order valence-electron chi connectivity index (χ2n) is 6.20. The Kier molecular flexibility index (Phi) is 3.28. The number of hydrogen-bond acceptors (Lipinski definition) is 3. The van der Waals surface area contributed by atoms with Gasteiger partial charge in [-0.3, -0.25) is 0 Å². The SMILES string of the molecule is Cc1c(N)cccc1COc1cccc2c1OC(C)(C)C2. The fourth-order valence-electron chi connectivity index (χ4n) is 2.72. The van der Waals surface area contributed by atoms with Gasteiger partial charge in [-0.1, -0.05) is 24.3 Å². The molecular weight excluding hydrogens is 262 g/mol. The van der Waals surface area contributed by atoms with Gasteiger partial charge < -0.3 is 15.2 Å². The second kappa shape index (κ2) is 4.99. The van der Waals surface area contributed by atoms with Crippen molar-refractivity contribution in [3.63, 3.8) is 0 Å². The van der Waals surface area contributed by atoms with E-state index in [0.717, 1.165) is 34.7 Å². The summed E-state index contributed by atoms with van der Waals surface area (Å²) in [5.41, 5.74) is 9.96. The van der Waals surface area contributed by atoms with Gasteiger partial charge in [0.1, 0.15) is 12.2 Å². The van der Waals surface area contributed by atoms with E-state index in [-0.39, 0.29) is 5.60 Å². The number of nitrogen functional groups attached to an aromatic ring is 1. The standard InChI is InChI=1S/C18H21NO2/c1-12-14(7-4-8-15(12)19)11-20-16-9-5-6-13-10-18(2,3)21-17(13)16/h4-9H,10-11,19H2,1-3H3. The quantitative estimate of drug-likeness (QED) is 0.870. The van der Waals surface area contributed by atoms with Crippen LogP contribution in [0.3, 0.4) is 0 Å². The first-order valence-electron chi connectivity index (χ1n) is 7.24. The predicted octanol–water partition coefficient (Wildman–Crippen LogP) is 3.87. The van der Waals surface area contributed by atoms with Crippen LogP contribution >= 0.6 is 0 Å². The van der Waals surface area contributed by atoms with Gasteiger partial charge in [0.05, 0.1) is 0 Å². The van der Waals surface area contributed by atoms with Crippen LogP contribution in [0, 0.1) is 6.92 Å². The van der Waals surface area contributed by atoms with Crippen molar-refractivity contribution in [3.8, 4) is 11.5 Å². The Morgan fingerprint density at radius 2 is 1.95 bits per heavy atom. The van der Waals surface area contributed by atoms with E-state index in [1.165, 1.54) is 5.56 Å². The Labute approximate surface area is 125 Å². The first-order valence-corrected chi connectivity index (χ1v) is 7.24. The molecule has 21 heavy (non-hydrogen) atoms. The molecule has 3 nitrogen and oxygen atoms in total. The fourth-order valence-corrected chi connectivity index (χ4v) is 2.72. The van der Waals surface area contributed by atoms with Gasteiger partial charge in [0, 0.05) is 17.7 Å². The maximum absolute atomic E-state index is 6.02. The smallest absolute Gasteiger partial charge is 0.165 e. The number of ether oxygens (including phenoxy) is 2. The van der Waals surface area contributed by atoms with Crippen LogP contribution in [0.5, 0.6) is 11.5 Å². The third kappa shape index (κ3) is 2.68. The first kappa shape index (κ1) is 13.8. The van der Waals surface area contributed by atoms with E-state index >= 15 is 0 Å². The summed E-state index contributed by atoms with van der Waals surface area (Å²) in [5, 5.41) is 0. The topological polar surface area (TPSA) is 44.5 Å². The van der Waals surface area contributed by atoms with Crippen LogP contribution in [-0.2, 0) is 13.0 Å². The summed E-state index contributed by atoms with van der Waals surface area (Å²) in [6, 6.07) is 12.0. The van der Waals surface area contributed by atoms with Crippen molar-refractivity contribution in [1.82, 2.24) is 0 Å². The molecule has 0 amide bonds. The van der Waals surface area contributed by atoms with E-state index in [1.807, 2.05) is 37.3 Å². The molecule has 0 fully saturated rings. The maximum atomic E-state index is 6.02. The molecule has 2 aromatic carbocycles. The molecule has 0 radical (unpaired) electrons. The normalized spacial score (nSPS) is 15.4. The van der Waals surface area contributed by atoms with Gasteiger partial charge >= 0.3 is 0 Å². The van der Waals surface area contributed by atoms with Crippen LogP contribution in [-0.4, -0.2) is 5.60 Å². The van der Waals surface area contributed by atoms with Crippen LogP contribution in [0.1, 0.15) is 30.5 Å². The van der Waals surface area contributed by atoms with Crippen molar-refractivity contribution < 1.29 is 9.47 Å². The zero-order valence-electron chi connectivity index (χ0n) is 12.8. The van der Waals surface area contributed by atoms with Crippen molar-refractivity contribution in [2.24, 2.45) is 0 Å². The van der Waals surface area contributed by atoms with E-state index in [2.05, 4.69) is 19.9 Å². The molecule has 0 saturated heterocycles. The highest BCUT2D eigenvalue weighted by atomic mass is 16.5. The Morgan fingerprint density at radius 3 is 2.76 bits per heavy atom. The van der Waals surface area contributed by atoms with Crippen LogP contribution in [0.25, 0.3) is 0 Å². The third-order valence-electron chi connectivity index (χ3n) is 3.93. The molecule has 1 heterocycles. The Hall–Kier alpha value is -2.16. The van der Waals surface area contributed by atoms with Gasteiger partial charge in [-0.25, -0.2) is 0 Å². The number of anilines is 1. The Bertz CT molecular complexity index is 677. The first-order chi connectivity index (χ1) is 9.96. The maximum Gasteiger partial charge on any atom is 0.165 e. The summed E-state index contributed by atoms with van der Waals surface area (Å²) >= 11 is 0. The largest absolute Gasteiger partial charge is 0.485 e. The second-order valence-corrected chi connectivity index (χ2v) is 6.20. The highest BCUT2D eigenvalue weighted by Crippen LogP contribution is 2.42. The highest BCUT2D eigenvalue weighted by molar-refractivity contribution is 5.52. The van der Waals surface area contributed by atoms with Crippen LogP contribution in [0.2, 0.25) is 0 Å². The lowest BCUT2D eigenvalue weighted by molar-refractivity contribution is 0.131. The average molecular weight is 283 g/mol. The predicted molar refractivity (Wildman–Crippen MR) is 84.8 cm³/mol. The molecule has 3 rings (SSSR count). The number of hydrogen-bond donors (Lipinski definition) is 1. The van der Waals surface area contributed by atoms with Gasteiger partial charge in [-0.15, -0.1) is 0 Å². The zero-order valence-corrected chi connectivity index (χ0v) is 12.8. The molecule has 1 aliphatic heterocycles. The summed E-state index contributed by atoms with van der Waals surface area (Å²) in [6.45, 7) is 6.71. The van der Waals surface area contributed by atoms with E-state index in [0.29, 0.717) is 6.61 Å². The molecule has 3 heteroatoms. The van der Waals surface area contributed by atoms with E-state index in [1.54, 1.807) is 0 Å². The monoisotopic (exact) mass is 283 g/mol. The van der Waals surface area contributed by atoms with Crippen molar-refractivity contribution in [2.45, 2.75) is 39.4 Å². The third-order valence-corrected chi connectivity index (χ3v) is 3.93. The molecule has 2 N–H and O–H groups in total. The van der Waals surface area contributed by atoms with E-state index in [9.17, 15) is 0 Å². The van der Waals surface area contributed by atoms with Gasteiger partial charge in [0.2, 0.25) is 0 Å². The zero-order chi connectivity index (χ0) is 15.0. The lowest BCUT2D eigenvalue weighted by Crippen LogP contribution is -2.24. The molecule has 0 saturated carbocycles. The summed E-state index contributed by atoms with van der Waals surface area (Å²) in [5.74, 6) is 1.68. The highest BCUT2D eigenvalue weighted by Gasteiger charge is 2.32. The van der Waals surface area contributed by atoms with Crippen LogP contribution in [0.15, 0.2) is 36.4 Å². The van der Waals surface area contributed by atoms with Gasteiger partial charge in [-0.2, -0.15) is 0 Å². The average Bonchev–Trinajstić information content (AvgIpc) is 2.75. The van der Waals surface area contributed by atoms with Crippen LogP contribution < -0.4 is 15.2 Å². The molecule has 2 aromatic rings. The molecule has 0 bridgehead atoms. The van der Waals surface area contributed by atoms with E-state index < -0.39 is 0 Å². The number of nitrogens with two attached hydrogens (primary N) is 1. The summed E-state index contributed by atoms with van der Waals surface area (Å²) in [4.78, 5) is 0. The molecule has 0 spiro atoms. The van der Waals surface area contributed by atoms with Crippen molar-refractivity contribution in [3.05, 3.63) is 53.1 Å². The fraction of sp³-hybridized carbons (Fsp3) is 0.333. The van der Waals surface area contributed by atoms with Gasteiger partial charge in [0.25, 0.3) is 0 Å². The molecule has 1 aliphatic rings. The lowest BCUT2D eigenvalue weighted by Gasteiger charge is -2.18. The van der Waals surface area contributed by atoms with Crippen molar-refractivity contribution in [2.75, 3.05) is 5.73 Å². The van der Waals surface area contributed by atoms with Gasteiger partial charge in [-0.05, 0) is 44.0 Å². The minimum atomic E-state index is -0.158. The molecule has 0 atom stereocenters. The number of benzene rings is 2. The summed E-state index contributed by atoms with van der Waals surface area (Å²) in [6.07, 6.45) is 0.914. The van der Waals surface area contributed by atoms with E-state index in [4.69, 9.17) is 15.2 Å². The van der Waals surface area contributed by atoms with Gasteiger partial charge in [0.15, 0.2) is 11.5 Å². The van der Waals surface area contributed by atoms with Crippen molar-refractivity contribution in [1.29, 1.82) is 0 Å². The Balaban J connectivity index is 1.82.